The van der Waals surface area contributed by atoms with Crippen LogP contribution in [0.5, 0.6) is 0 Å². The zero-order valence-corrected chi connectivity index (χ0v) is 10.5. The van der Waals surface area contributed by atoms with Gasteiger partial charge in [0.25, 0.3) is 0 Å². The van der Waals surface area contributed by atoms with Crippen molar-refractivity contribution in [3.05, 3.63) is 48.3 Å². The Labute approximate surface area is 112 Å². The van der Waals surface area contributed by atoms with Crippen LogP contribution in [0.3, 0.4) is 0 Å². The summed E-state index contributed by atoms with van der Waals surface area (Å²) in [5, 5.41) is 0. The Morgan fingerprint density at radius 2 is 1.80 bits per heavy atom. The van der Waals surface area contributed by atoms with Crippen molar-refractivity contribution in [2.24, 2.45) is 7.05 Å². The minimum Gasteiger partial charge on any atom is -0.332 e. The first-order valence-electron chi connectivity index (χ1n) is 5.91. The number of hydrogen-bond donors (Lipinski definition) is 0. The monoisotopic (exact) mass is 277 g/mol. The molecule has 0 bridgehead atoms. The molecular formula is C14H10F3N3. The minimum absolute atomic E-state index is 0.0625. The number of alkyl halides is 3. The normalized spacial score (nSPS) is 12.0. The van der Waals surface area contributed by atoms with Gasteiger partial charge in [0.1, 0.15) is 0 Å². The van der Waals surface area contributed by atoms with Crippen molar-refractivity contribution in [2.75, 3.05) is 0 Å². The average Bonchev–Trinajstić information content (AvgIpc) is 2.79. The quantitative estimate of drug-likeness (QED) is 0.679. The zero-order chi connectivity index (χ0) is 14.3. The Kier molecular flexibility index (Phi) is 2.74. The molecule has 2 aromatic heterocycles. The summed E-state index contributed by atoms with van der Waals surface area (Å²) in [6.07, 6.45) is -2.82. The highest BCUT2D eigenvalue weighted by Gasteiger charge is 2.33. The lowest BCUT2D eigenvalue weighted by Crippen LogP contribution is -2.07. The van der Waals surface area contributed by atoms with E-state index >= 15 is 0 Å². The fourth-order valence-corrected chi connectivity index (χ4v) is 2.12. The molecular weight excluding hydrogens is 267 g/mol. The summed E-state index contributed by atoms with van der Waals surface area (Å²) in [6, 6.07) is 8.70. The molecule has 2 heterocycles. The van der Waals surface area contributed by atoms with Crippen LogP contribution in [-0.2, 0) is 13.2 Å². The van der Waals surface area contributed by atoms with E-state index in [-0.39, 0.29) is 11.3 Å². The van der Waals surface area contributed by atoms with E-state index in [1.54, 1.807) is 36.1 Å². The third kappa shape index (κ3) is 2.03. The first-order chi connectivity index (χ1) is 9.47. The fraction of sp³-hybridized carbons (Fsp3) is 0.143. The van der Waals surface area contributed by atoms with E-state index < -0.39 is 11.7 Å². The summed E-state index contributed by atoms with van der Waals surface area (Å²) in [7, 11) is 1.81. The van der Waals surface area contributed by atoms with Gasteiger partial charge >= 0.3 is 6.18 Å². The van der Waals surface area contributed by atoms with Crippen molar-refractivity contribution in [3.63, 3.8) is 0 Å². The summed E-state index contributed by atoms with van der Waals surface area (Å²) < 4.78 is 40.8. The number of hydrogen-bond acceptors (Lipinski definition) is 2. The molecule has 0 saturated heterocycles. The van der Waals surface area contributed by atoms with E-state index in [2.05, 4.69) is 9.97 Å². The van der Waals surface area contributed by atoms with Crippen LogP contribution in [0, 0.1) is 0 Å². The second kappa shape index (κ2) is 4.33. The molecule has 0 unspecified atom stereocenters. The molecule has 102 valence electrons. The lowest BCUT2D eigenvalue weighted by molar-refractivity contribution is -0.137. The molecule has 0 spiro atoms. The van der Waals surface area contributed by atoms with Crippen molar-refractivity contribution in [1.29, 1.82) is 0 Å². The largest absolute Gasteiger partial charge is 0.417 e. The Balaban J connectivity index is 2.21. The summed E-state index contributed by atoms with van der Waals surface area (Å²) in [6.45, 7) is 0. The lowest BCUT2D eigenvalue weighted by Gasteiger charge is -2.12. The van der Waals surface area contributed by atoms with Crippen molar-refractivity contribution in [3.8, 4) is 11.3 Å². The predicted octanol–water partition coefficient (Wildman–Crippen LogP) is 3.65. The van der Waals surface area contributed by atoms with E-state index in [4.69, 9.17) is 0 Å². The third-order valence-corrected chi connectivity index (χ3v) is 3.10. The zero-order valence-electron chi connectivity index (χ0n) is 10.5. The van der Waals surface area contributed by atoms with Gasteiger partial charge < -0.3 is 4.57 Å². The van der Waals surface area contributed by atoms with Crippen LogP contribution in [-0.4, -0.2) is 14.5 Å². The first kappa shape index (κ1) is 12.7. The van der Waals surface area contributed by atoms with Crippen LogP contribution in [0.25, 0.3) is 22.4 Å². The number of rotatable bonds is 1. The number of aromatic nitrogens is 3. The van der Waals surface area contributed by atoms with Crippen LogP contribution in [0.2, 0.25) is 0 Å². The average molecular weight is 277 g/mol. The number of halogens is 3. The van der Waals surface area contributed by atoms with E-state index in [0.29, 0.717) is 5.65 Å². The van der Waals surface area contributed by atoms with Crippen molar-refractivity contribution < 1.29 is 13.2 Å². The maximum Gasteiger partial charge on any atom is 0.417 e. The number of benzene rings is 1. The predicted molar refractivity (Wildman–Crippen MR) is 68.9 cm³/mol. The Hall–Kier alpha value is -2.37. The smallest absolute Gasteiger partial charge is 0.332 e. The van der Waals surface area contributed by atoms with Gasteiger partial charge in [-0.2, -0.15) is 13.2 Å². The van der Waals surface area contributed by atoms with Crippen LogP contribution in [0.4, 0.5) is 13.2 Å². The third-order valence-electron chi connectivity index (χ3n) is 3.10. The van der Waals surface area contributed by atoms with Gasteiger partial charge in [0.15, 0.2) is 5.65 Å². The molecule has 3 rings (SSSR count). The van der Waals surface area contributed by atoms with Crippen LogP contribution >= 0.6 is 0 Å². The van der Waals surface area contributed by atoms with Crippen LogP contribution < -0.4 is 0 Å². The van der Waals surface area contributed by atoms with E-state index in [9.17, 15) is 13.2 Å². The van der Waals surface area contributed by atoms with Gasteiger partial charge in [-0.3, -0.25) is 0 Å². The second-order valence-corrected chi connectivity index (χ2v) is 4.44. The van der Waals surface area contributed by atoms with Gasteiger partial charge in [0.05, 0.1) is 23.1 Å². The molecule has 3 nitrogen and oxygen atoms in total. The SMILES string of the molecule is Cn1cnc2nc(-c3ccccc3C(F)(F)F)ccc21. The highest BCUT2D eigenvalue weighted by molar-refractivity contribution is 5.76. The van der Waals surface area contributed by atoms with Crippen LogP contribution in [0.1, 0.15) is 5.56 Å². The molecule has 0 aliphatic rings. The summed E-state index contributed by atoms with van der Waals surface area (Å²) in [5.41, 5.74) is 0.847. The van der Waals surface area contributed by atoms with Crippen molar-refractivity contribution in [1.82, 2.24) is 14.5 Å². The van der Waals surface area contributed by atoms with Gasteiger partial charge in [-0.25, -0.2) is 9.97 Å². The molecule has 0 radical (unpaired) electrons. The highest BCUT2D eigenvalue weighted by Crippen LogP contribution is 2.36. The minimum atomic E-state index is -4.41. The first-order valence-corrected chi connectivity index (χ1v) is 5.91. The molecule has 0 fully saturated rings. The van der Waals surface area contributed by atoms with E-state index in [1.807, 2.05) is 0 Å². The van der Waals surface area contributed by atoms with Gasteiger partial charge in [-0.15, -0.1) is 0 Å². The standard InChI is InChI=1S/C14H10F3N3/c1-20-8-18-13-12(20)7-6-11(19-13)9-4-2-3-5-10(9)14(15,16)17/h2-8H,1H3. The highest BCUT2D eigenvalue weighted by atomic mass is 19.4. The van der Waals surface area contributed by atoms with Crippen molar-refractivity contribution >= 4 is 11.2 Å². The summed E-state index contributed by atoms with van der Waals surface area (Å²) >= 11 is 0. The van der Waals surface area contributed by atoms with Gasteiger partial charge in [0.2, 0.25) is 0 Å². The summed E-state index contributed by atoms with van der Waals surface area (Å²) in [4.78, 5) is 8.28. The van der Waals surface area contributed by atoms with Gasteiger partial charge in [-0.1, -0.05) is 18.2 Å². The van der Waals surface area contributed by atoms with E-state index in [1.165, 1.54) is 12.1 Å². The van der Waals surface area contributed by atoms with Crippen LogP contribution in [0.15, 0.2) is 42.7 Å². The number of nitrogens with zero attached hydrogens (tertiary/aromatic N) is 3. The molecule has 3 aromatic rings. The number of fused-ring (bicyclic) bond motifs is 1. The van der Waals surface area contributed by atoms with Crippen molar-refractivity contribution in [2.45, 2.75) is 6.18 Å². The molecule has 6 heteroatoms. The maximum atomic E-state index is 13.0. The number of pyridine rings is 1. The molecule has 0 atom stereocenters. The van der Waals surface area contributed by atoms with Gasteiger partial charge in [0, 0.05) is 12.6 Å². The fourth-order valence-electron chi connectivity index (χ4n) is 2.12. The van der Waals surface area contributed by atoms with Gasteiger partial charge in [-0.05, 0) is 18.2 Å². The molecule has 0 N–H and O–H groups in total. The topological polar surface area (TPSA) is 30.7 Å². The molecule has 0 saturated carbocycles. The number of aryl methyl sites for hydroxylation is 1. The number of imidazole rings is 1. The van der Waals surface area contributed by atoms with E-state index in [0.717, 1.165) is 11.6 Å². The second-order valence-electron chi connectivity index (χ2n) is 4.44. The molecule has 0 aliphatic heterocycles. The molecule has 20 heavy (non-hydrogen) atoms. The Morgan fingerprint density at radius 3 is 2.55 bits per heavy atom. The maximum absolute atomic E-state index is 13.0. The molecule has 1 aromatic carbocycles. The lowest BCUT2D eigenvalue weighted by atomic mass is 10.0. The Bertz CT molecular complexity index is 775. The molecule has 0 aliphatic carbocycles. The Morgan fingerprint density at radius 1 is 1.05 bits per heavy atom. The summed E-state index contributed by atoms with van der Waals surface area (Å²) in [5.74, 6) is 0. The molecule has 0 amide bonds.